The Hall–Kier alpha value is -1.24. The van der Waals surface area contributed by atoms with Crippen molar-refractivity contribution in [1.29, 1.82) is 0 Å². The molecule has 0 saturated heterocycles. The lowest BCUT2D eigenvalue weighted by Gasteiger charge is -1.79. The quantitative estimate of drug-likeness (QED) is 0.531. The Bertz CT molecular complexity index is 393. The van der Waals surface area contributed by atoms with Crippen molar-refractivity contribution in [3.8, 4) is 0 Å². The summed E-state index contributed by atoms with van der Waals surface area (Å²) in [5, 5.41) is 2.22. The molecule has 0 fully saturated rings. The molecule has 1 aliphatic rings. The van der Waals surface area contributed by atoms with Crippen LogP contribution in [0.5, 0.6) is 0 Å². The Labute approximate surface area is 59.4 Å². The van der Waals surface area contributed by atoms with Crippen LogP contribution in [0, 0.1) is 0 Å². The minimum atomic E-state index is 0.994. The van der Waals surface area contributed by atoms with Crippen molar-refractivity contribution >= 4 is 18.2 Å². The summed E-state index contributed by atoms with van der Waals surface area (Å²) < 4.78 is 0. The number of aromatic nitrogens is 1. The van der Waals surface area contributed by atoms with Gasteiger partial charge < -0.3 is 4.98 Å². The highest BCUT2D eigenvalue weighted by atomic mass is 14.7. The van der Waals surface area contributed by atoms with E-state index in [1.165, 1.54) is 16.5 Å². The Morgan fingerprint density at radius 3 is 2.90 bits per heavy atom. The highest BCUT2D eigenvalue weighted by molar-refractivity contribution is 5.73. The third-order valence-electron chi connectivity index (χ3n) is 1.81. The normalized spacial score (nSPS) is 14.3. The first kappa shape index (κ1) is 5.54. The van der Waals surface area contributed by atoms with Gasteiger partial charge in [-0.25, -0.2) is 0 Å². The second-order valence-electron chi connectivity index (χ2n) is 2.64. The summed E-state index contributed by atoms with van der Waals surface area (Å²) >= 11 is 0. The zero-order chi connectivity index (χ0) is 7.14. The SMILES string of the molecule is C=c1cc2c([nH]1)=C(C)C=C2. The molecule has 0 spiro atoms. The maximum Gasteiger partial charge on any atom is 0.0488 e. The molecule has 1 aliphatic carbocycles. The number of fused-ring (bicyclic) bond motifs is 1. The number of hydrogen-bond donors (Lipinski definition) is 1. The van der Waals surface area contributed by atoms with Crippen LogP contribution in [0.25, 0.3) is 18.2 Å². The molecule has 1 N–H and O–H groups in total. The average molecular weight is 131 g/mol. The molecule has 0 atom stereocenters. The molecule has 1 aromatic rings. The molecule has 0 bridgehead atoms. The van der Waals surface area contributed by atoms with E-state index in [0.29, 0.717) is 0 Å². The molecule has 0 aromatic carbocycles. The number of hydrogen-bond acceptors (Lipinski definition) is 0. The molecular weight excluding hydrogens is 122 g/mol. The van der Waals surface area contributed by atoms with Crippen molar-refractivity contribution in [3.05, 3.63) is 28.4 Å². The Morgan fingerprint density at radius 2 is 2.20 bits per heavy atom. The monoisotopic (exact) mass is 131 g/mol. The molecule has 0 amide bonds. The lowest BCUT2D eigenvalue weighted by atomic mass is 10.3. The van der Waals surface area contributed by atoms with Crippen molar-refractivity contribution in [2.75, 3.05) is 0 Å². The van der Waals surface area contributed by atoms with Crippen molar-refractivity contribution in [1.82, 2.24) is 4.98 Å². The van der Waals surface area contributed by atoms with Crippen LogP contribution in [-0.4, -0.2) is 4.98 Å². The predicted molar refractivity (Wildman–Crippen MR) is 43.7 cm³/mol. The van der Waals surface area contributed by atoms with Crippen molar-refractivity contribution in [3.63, 3.8) is 0 Å². The number of nitrogens with one attached hydrogen (secondary N) is 1. The summed E-state index contributed by atoms with van der Waals surface area (Å²) in [7, 11) is 0. The number of aromatic amines is 1. The average Bonchev–Trinajstić information content (AvgIpc) is 2.35. The van der Waals surface area contributed by atoms with Gasteiger partial charge in [-0.1, -0.05) is 18.7 Å². The highest BCUT2D eigenvalue weighted by Gasteiger charge is 2.01. The fourth-order valence-electron chi connectivity index (χ4n) is 1.28. The Kier molecular flexibility index (Phi) is 0.901. The van der Waals surface area contributed by atoms with Gasteiger partial charge in [0.15, 0.2) is 0 Å². The van der Waals surface area contributed by atoms with Gasteiger partial charge in [0.1, 0.15) is 0 Å². The molecule has 0 unspecified atom stereocenters. The van der Waals surface area contributed by atoms with Gasteiger partial charge in [-0.2, -0.15) is 0 Å². The second kappa shape index (κ2) is 1.63. The van der Waals surface area contributed by atoms with Gasteiger partial charge in [0.05, 0.1) is 0 Å². The van der Waals surface area contributed by atoms with E-state index in [-0.39, 0.29) is 0 Å². The molecule has 0 aliphatic heterocycles. The molecule has 1 heteroatoms. The van der Waals surface area contributed by atoms with Crippen LogP contribution in [0.2, 0.25) is 0 Å². The zero-order valence-corrected chi connectivity index (χ0v) is 5.94. The fourth-order valence-corrected chi connectivity index (χ4v) is 1.28. The van der Waals surface area contributed by atoms with Crippen molar-refractivity contribution in [2.24, 2.45) is 0 Å². The lowest BCUT2D eigenvalue weighted by molar-refractivity contribution is 1.26. The molecule has 0 radical (unpaired) electrons. The molecule has 50 valence electrons. The number of allylic oxidation sites excluding steroid dienone is 1. The smallest absolute Gasteiger partial charge is 0.0488 e. The first-order valence-corrected chi connectivity index (χ1v) is 3.34. The summed E-state index contributed by atoms with van der Waals surface area (Å²) in [6, 6.07) is 2.06. The second-order valence-corrected chi connectivity index (χ2v) is 2.64. The largest absolute Gasteiger partial charge is 0.355 e. The summed E-state index contributed by atoms with van der Waals surface area (Å²) in [6.07, 6.45) is 4.22. The van der Waals surface area contributed by atoms with E-state index < -0.39 is 0 Å². The van der Waals surface area contributed by atoms with E-state index in [1.807, 2.05) is 0 Å². The third-order valence-corrected chi connectivity index (χ3v) is 1.81. The van der Waals surface area contributed by atoms with E-state index in [4.69, 9.17) is 0 Å². The van der Waals surface area contributed by atoms with Crippen LogP contribution < -0.4 is 10.7 Å². The summed E-state index contributed by atoms with van der Waals surface area (Å²) in [5.41, 5.74) is 2.56. The van der Waals surface area contributed by atoms with Gasteiger partial charge in [0.2, 0.25) is 0 Å². The summed E-state index contributed by atoms with van der Waals surface area (Å²) in [5.74, 6) is 0. The lowest BCUT2D eigenvalue weighted by Crippen LogP contribution is -2.09. The van der Waals surface area contributed by atoms with Gasteiger partial charge in [-0.15, -0.1) is 0 Å². The van der Waals surface area contributed by atoms with E-state index in [1.54, 1.807) is 0 Å². The first-order valence-electron chi connectivity index (χ1n) is 3.34. The molecule has 10 heavy (non-hydrogen) atoms. The molecule has 0 saturated carbocycles. The van der Waals surface area contributed by atoms with Crippen LogP contribution >= 0.6 is 0 Å². The van der Waals surface area contributed by atoms with Crippen LogP contribution in [0.4, 0.5) is 0 Å². The minimum Gasteiger partial charge on any atom is -0.355 e. The van der Waals surface area contributed by atoms with Gasteiger partial charge in [0.25, 0.3) is 0 Å². The van der Waals surface area contributed by atoms with Crippen LogP contribution in [0.1, 0.15) is 12.5 Å². The number of H-pyrrole nitrogens is 1. The summed E-state index contributed by atoms with van der Waals surface area (Å²) in [4.78, 5) is 3.20. The molecular formula is C9H9N. The van der Waals surface area contributed by atoms with Gasteiger partial charge >= 0.3 is 0 Å². The van der Waals surface area contributed by atoms with Crippen molar-refractivity contribution < 1.29 is 0 Å². The van der Waals surface area contributed by atoms with Crippen molar-refractivity contribution in [2.45, 2.75) is 6.92 Å². The number of rotatable bonds is 0. The predicted octanol–water partition coefficient (Wildman–Crippen LogP) is 0.622. The molecule has 1 nitrogen and oxygen atoms in total. The van der Waals surface area contributed by atoms with E-state index in [0.717, 1.165) is 5.35 Å². The highest BCUT2D eigenvalue weighted by Crippen LogP contribution is 2.05. The minimum absolute atomic E-state index is 0.994. The topological polar surface area (TPSA) is 15.8 Å². The molecule has 1 aromatic heterocycles. The molecule has 2 rings (SSSR count). The van der Waals surface area contributed by atoms with Crippen LogP contribution in [0.3, 0.4) is 0 Å². The van der Waals surface area contributed by atoms with Gasteiger partial charge in [0, 0.05) is 16.3 Å². The van der Waals surface area contributed by atoms with Crippen LogP contribution in [0.15, 0.2) is 12.1 Å². The first-order chi connectivity index (χ1) is 4.77. The Balaban J connectivity index is 2.96. The maximum atomic E-state index is 3.82. The maximum absolute atomic E-state index is 3.82. The zero-order valence-electron chi connectivity index (χ0n) is 5.94. The van der Waals surface area contributed by atoms with E-state index in [9.17, 15) is 0 Å². The van der Waals surface area contributed by atoms with Crippen LogP contribution in [-0.2, 0) is 0 Å². The van der Waals surface area contributed by atoms with Gasteiger partial charge in [-0.05, 0) is 18.6 Å². The van der Waals surface area contributed by atoms with Gasteiger partial charge in [-0.3, -0.25) is 0 Å². The third kappa shape index (κ3) is 0.574. The fraction of sp³-hybridized carbons (Fsp3) is 0.111. The standard InChI is InChI=1S/C9H9N/c1-6-3-4-8-5-7(2)10-9(6)8/h3-5,10H,2H2,1H3. The summed E-state index contributed by atoms with van der Waals surface area (Å²) in [6.45, 7) is 5.91. The van der Waals surface area contributed by atoms with E-state index >= 15 is 0 Å². The van der Waals surface area contributed by atoms with E-state index in [2.05, 4.69) is 36.7 Å². The Morgan fingerprint density at radius 1 is 1.40 bits per heavy atom. The molecule has 1 heterocycles.